The van der Waals surface area contributed by atoms with Crippen LogP contribution in [0.3, 0.4) is 0 Å². The predicted octanol–water partition coefficient (Wildman–Crippen LogP) is 4.02. The van der Waals surface area contributed by atoms with Crippen molar-refractivity contribution in [3.8, 4) is 0 Å². The number of amides is 2. The lowest BCUT2D eigenvalue weighted by atomic mass is 10.1. The Morgan fingerprint density at radius 1 is 1.20 bits per heavy atom. The molecule has 0 unspecified atom stereocenters. The largest absolute Gasteiger partial charge is 0.416 e. The highest BCUT2D eigenvalue weighted by Crippen LogP contribution is 2.33. The molecule has 1 aliphatic rings. The summed E-state index contributed by atoms with van der Waals surface area (Å²) in [5.74, 6) is -0.614. The van der Waals surface area contributed by atoms with Gasteiger partial charge in [-0.1, -0.05) is 48.2 Å². The van der Waals surface area contributed by atoms with E-state index in [1.54, 1.807) is 0 Å². The van der Waals surface area contributed by atoms with Crippen molar-refractivity contribution in [2.24, 2.45) is 4.99 Å². The minimum atomic E-state index is -4.50. The van der Waals surface area contributed by atoms with Crippen LogP contribution < -0.4 is 5.32 Å². The number of amidine groups is 1. The highest BCUT2D eigenvalue weighted by atomic mass is 32.2. The highest BCUT2D eigenvalue weighted by Gasteiger charge is 2.35. The van der Waals surface area contributed by atoms with Crippen LogP contribution in [-0.2, 0) is 22.2 Å². The van der Waals surface area contributed by atoms with E-state index in [9.17, 15) is 22.8 Å². The van der Waals surface area contributed by atoms with Gasteiger partial charge in [0.25, 0.3) is 0 Å². The molecule has 0 aliphatic carbocycles. The Balaban J connectivity index is 1.90. The third-order valence-corrected chi connectivity index (χ3v) is 5.73. The lowest BCUT2D eigenvalue weighted by molar-refractivity contribution is -0.137. The first-order valence-electron chi connectivity index (χ1n) is 9.26. The summed E-state index contributed by atoms with van der Waals surface area (Å²) >= 11 is 1.08. The van der Waals surface area contributed by atoms with Crippen molar-refractivity contribution >= 4 is 34.4 Å². The molecule has 1 fully saturated rings. The Bertz CT molecular complexity index is 948. The van der Waals surface area contributed by atoms with E-state index in [4.69, 9.17) is 0 Å². The molecule has 158 valence electrons. The molecule has 1 aliphatic heterocycles. The van der Waals surface area contributed by atoms with Gasteiger partial charge in [0.15, 0.2) is 5.17 Å². The number of carbonyl (C=O) groups is 2. The molecule has 0 saturated carbocycles. The van der Waals surface area contributed by atoms with Gasteiger partial charge in [-0.3, -0.25) is 14.5 Å². The van der Waals surface area contributed by atoms with Gasteiger partial charge in [0.05, 0.1) is 16.5 Å². The van der Waals surface area contributed by atoms with Crippen molar-refractivity contribution in [3.05, 3.63) is 65.7 Å². The van der Waals surface area contributed by atoms with E-state index in [1.807, 2.05) is 30.3 Å². The lowest BCUT2D eigenvalue weighted by Crippen LogP contribution is -2.46. The number of nitrogens with one attached hydrogen (secondary N) is 1. The predicted molar refractivity (Wildman–Crippen MR) is 110 cm³/mol. The summed E-state index contributed by atoms with van der Waals surface area (Å²) in [4.78, 5) is 30.6. The number of nitrogens with zero attached hydrogens (tertiary/aromatic N) is 2. The third kappa shape index (κ3) is 5.41. The summed E-state index contributed by atoms with van der Waals surface area (Å²) in [6, 6.07) is 14.1. The molecular formula is C21H20F3N3O2S. The van der Waals surface area contributed by atoms with E-state index in [0.29, 0.717) is 13.0 Å². The van der Waals surface area contributed by atoms with Crippen molar-refractivity contribution in [2.75, 3.05) is 13.6 Å². The van der Waals surface area contributed by atoms with Gasteiger partial charge in [-0.05, 0) is 30.2 Å². The van der Waals surface area contributed by atoms with Gasteiger partial charge in [0, 0.05) is 20.0 Å². The molecule has 1 saturated heterocycles. The summed E-state index contributed by atoms with van der Waals surface area (Å²) in [6.45, 7) is 0.314. The molecule has 2 aromatic rings. The molecule has 9 heteroatoms. The fraction of sp³-hybridized carbons (Fsp3) is 0.286. The van der Waals surface area contributed by atoms with E-state index in [2.05, 4.69) is 10.3 Å². The second-order valence-corrected chi connectivity index (χ2v) is 7.82. The van der Waals surface area contributed by atoms with Crippen molar-refractivity contribution in [1.82, 2.24) is 10.2 Å². The van der Waals surface area contributed by atoms with E-state index in [0.717, 1.165) is 29.5 Å². The van der Waals surface area contributed by atoms with E-state index < -0.39 is 17.0 Å². The van der Waals surface area contributed by atoms with Crippen LogP contribution in [0, 0.1) is 0 Å². The monoisotopic (exact) mass is 435 g/mol. The summed E-state index contributed by atoms with van der Waals surface area (Å²) in [7, 11) is 1.47. The minimum absolute atomic E-state index is 0.000735. The zero-order chi connectivity index (χ0) is 21.7. The van der Waals surface area contributed by atoms with Crippen LogP contribution in [0.25, 0.3) is 0 Å². The van der Waals surface area contributed by atoms with Crippen LogP contribution in [-0.4, -0.2) is 40.7 Å². The quantitative estimate of drug-likeness (QED) is 0.772. The van der Waals surface area contributed by atoms with Gasteiger partial charge < -0.3 is 5.32 Å². The number of benzene rings is 2. The van der Waals surface area contributed by atoms with Gasteiger partial charge in [0.2, 0.25) is 11.8 Å². The van der Waals surface area contributed by atoms with Crippen LogP contribution in [0.1, 0.15) is 17.5 Å². The highest BCUT2D eigenvalue weighted by molar-refractivity contribution is 8.15. The summed E-state index contributed by atoms with van der Waals surface area (Å²) in [5, 5.41) is 2.04. The first kappa shape index (κ1) is 21.9. The normalized spacial score (nSPS) is 18.5. The van der Waals surface area contributed by atoms with Crippen LogP contribution in [0.2, 0.25) is 0 Å². The number of carbonyl (C=O) groups excluding carboxylic acids is 2. The van der Waals surface area contributed by atoms with Crippen LogP contribution in [0.15, 0.2) is 59.6 Å². The topological polar surface area (TPSA) is 61.8 Å². The van der Waals surface area contributed by atoms with Crippen LogP contribution in [0.5, 0.6) is 0 Å². The molecule has 30 heavy (non-hydrogen) atoms. The fourth-order valence-corrected chi connectivity index (χ4v) is 4.15. The molecule has 1 heterocycles. The molecule has 2 aromatic carbocycles. The zero-order valence-electron chi connectivity index (χ0n) is 16.1. The fourth-order valence-electron chi connectivity index (χ4n) is 2.97. The average molecular weight is 435 g/mol. The SMILES string of the molecule is CNC(=O)[C@@H]1CC(=O)N(CCc2ccccc2)C(=Nc2cccc(C(F)(F)F)c2)S1. The van der Waals surface area contributed by atoms with Crippen LogP contribution in [0.4, 0.5) is 18.9 Å². The Morgan fingerprint density at radius 3 is 2.60 bits per heavy atom. The Morgan fingerprint density at radius 2 is 1.93 bits per heavy atom. The van der Waals surface area contributed by atoms with E-state index in [1.165, 1.54) is 24.1 Å². The second kappa shape index (κ2) is 9.34. The van der Waals surface area contributed by atoms with Gasteiger partial charge in [0.1, 0.15) is 0 Å². The van der Waals surface area contributed by atoms with Gasteiger partial charge in [-0.25, -0.2) is 4.99 Å². The first-order valence-corrected chi connectivity index (χ1v) is 10.1. The lowest BCUT2D eigenvalue weighted by Gasteiger charge is -2.31. The molecule has 0 spiro atoms. The van der Waals surface area contributed by atoms with Crippen molar-refractivity contribution < 1.29 is 22.8 Å². The molecule has 1 N–H and O–H groups in total. The summed E-state index contributed by atoms with van der Waals surface area (Å²) < 4.78 is 39.1. The molecule has 2 amide bonds. The van der Waals surface area contributed by atoms with Crippen LogP contribution >= 0.6 is 11.8 Å². The maximum Gasteiger partial charge on any atom is 0.416 e. The molecule has 0 bridgehead atoms. The smallest absolute Gasteiger partial charge is 0.358 e. The van der Waals surface area contributed by atoms with E-state index in [-0.39, 0.29) is 29.1 Å². The molecule has 5 nitrogen and oxygen atoms in total. The Kier molecular flexibility index (Phi) is 6.81. The molecular weight excluding hydrogens is 415 g/mol. The number of hydrogen-bond donors (Lipinski definition) is 1. The number of rotatable bonds is 5. The molecule has 3 rings (SSSR count). The standard InChI is InChI=1S/C21H20F3N3O2S/c1-25-19(29)17-13-18(28)27(11-10-14-6-3-2-4-7-14)20(30-17)26-16-9-5-8-15(12-16)21(22,23)24/h2-9,12,17H,10-11,13H2,1H3,(H,25,29)/t17-/m0/s1. The maximum atomic E-state index is 13.0. The van der Waals surface area contributed by atoms with Crippen molar-refractivity contribution in [1.29, 1.82) is 0 Å². The van der Waals surface area contributed by atoms with Crippen molar-refractivity contribution in [2.45, 2.75) is 24.3 Å². The van der Waals surface area contributed by atoms with Gasteiger partial charge >= 0.3 is 6.18 Å². The van der Waals surface area contributed by atoms with Gasteiger partial charge in [-0.15, -0.1) is 0 Å². The maximum absolute atomic E-state index is 13.0. The number of halogens is 3. The zero-order valence-corrected chi connectivity index (χ0v) is 17.0. The number of aliphatic imine (C=N–C) groups is 1. The summed E-state index contributed by atoms with van der Waals surface area (Å²) in [6.07, 6.45) is -3.94. The second-order valence-electron chi connectivity index (χ2n) is 6.65. The molecule has 0 radical (unpaired) electrons. The van der Waals surface area contributed by atoms with Gasteiger partial charge in [-0.2, -0.15) is 13.2 Å². The average Bonchev–Trinajstić information content (AvgIpc) is 2.72. The summed E-state index contributed by atoms with van der Waals surface area (Å²) in [5.41, 5.74) is 0.264. The number of hydrogen-bond acceptors (Lipinski definition) is 4. The number of thioether (sulfide) groups is 1. The Labute approximate surface area is 176 Å². The number of alkyl halides is 3. The van der Waals surface area contributed by atoms with Crippen molar-refractivity contribution in [3.63, 3.8) is 0 Å². The molecule has 1 atom stereocenters. The molecule has 0 aromatic heterocycles. The Hall–Kier alpha value is -2.81. The van der Waals surface area contributed by atoms with E-state index >= 15 is 0 Å². The third-order valence-electron chi connectivity index (χ3n) is 4.54. The minimum Gasteiger partial charge on any atom is -0.358 e. The first-order chi connectivity index (χ1) is 14.3.